The highest BCUT2D eigenvalue weighted by Gasteiger charge is 2.22. The minimum absolute atomic E-state index is 0.231. The van der Waals surface area contributed by atoms with E-state index in [0.29, 0.717) is 22.5 Å². The Balaban J connectivity index is 1.85. The molecule has 3 aromatic carbocycles. The number of hydrogen-bond donors (Lipinski definition) is 1. The molecule has 160 valence electrons. The number of nitrogens with zero attached hydrogens (tertiary/aromatic N) is 1. The lowest BCUT2D eigenvalue weighted by Crippen LogP contribution is -2.37. The van der Waals surface area contributed by atoms with E-state index >= 15 is 0 Å². The van der Waals surface area contributed by atoms with Crippen LogP contribution < -0.4 is 9.62 Å². The van der Waals surface area contributed by atoms with Gasteiger partial charge >= 0.3 is 0 Å². The number of nitrogens with one attached hydrogen (secondary N) is 1. The van der Waals surface area contributed by atoms with E-state index in [-0.39, 0.29) is 5.78 Å². The van der Waals surface area contributed by atoms with E-state index in [0.717, 1.165) is 21.7 Å². The SMILES string of the molecule is Cc1ccc(N(CC(=O)Nc2ccccc2C(=O)c2ccccc2)S(C)(=O)=O)cc1C. The van der Waals surface area contributed by atoms with Crippen LogP contribution >= 0.6 is 0 Å². The standard InChI is InChI=1S/C24H24N2O4S/c1-17-13-14-20(15-18(17)2)26(31(3,29)30)16-23(27)25-22-12-8-7-11-21(22)24(28)19-9-5-4-6-10-19/h4-15H,16H2,1-3H3,(H,25,27). The van der Waals surface area contributed by atoms with Gasteiger partial charge in [-0.05, 0) is 49.2 Å². The van der Waals surface area contributed by atoms with Crippen molar-refractivity contribution in [3.8, 4) is 0 Å². The molecule has 0 unspecified atom stereocenters. The Morgan fingerprint density at radius 2 is 1.52 bits per heavy atom. The molecule has 0 heterocycles. The number of para-hydroxylation sites is 1. The van der Waals surface area contributed by atoms with E-state index in [1.165, 1.54) is 0 Å². The van der Waals surface area contributed by atoms with Gasteiger partial charge in [0, 0.05) is 11.1 Å². The first-order chi connectivity index (χ1) is 14.7. The highest BCUT2D eigenvalue weighted by Crippen LogP contribution is 2.23. The maximum atomic E-state index is 12.9. The van der Waals surface area contributed by atoms with Crippen LogP contribution in [0.15, 0.2) is 72.8 Å². The largest absolute Gasteiger partial charge is 0.324 e. The highest BCUT2D eigenvalue weighted by molar-refractivity contribution is 7.92. The monoisotopic (exact) mass is 436 g/mol. The van der Waals surface area contributed by atoms with Crippen LogP contribution in [0, 0.1) is 13.8 Å². The molecule has 1 amide bonds. The summed E-state index contributed by atoms with van der Waals surface area (Å²) in [5.74, 6) is -0.775. The summed E-state index contributed by atoms with van der Waals surface area (Å²) in [5, 5.41) is 2.69. The predicted octanol–water partition coefficient (Wildman–Crippen LogP) is 3.94. The van der Waals surface area contributed by atoms with Crippen molar-refractivity contribution in [1.29, 1.82) is 0 Å². The lowest BCUT2D eigenvalue weighted by atomic mass is 10.0. The van der Waals surface area contributed by atoms with Crippen LogP contribution in [-0.4, -0.2) is 32.9 Å². The molecule has 3 aromatic rings. The second-order valence-corrected chi connectivity index (χ2v) is 9.23. The van der Waals surface area contributed by atoms with Crippen molar-refractivity contribution in [2.75, 3.05) is 22.4 Å². The zero-order valence-corrected chi connectivity index (χ0v) is 18.4. The fourth-order valence-electron chi connectivity index (χ4n) is 3.14. The summed E-state index contributed by atoms with van der Waals surface area (Å²) in [6.45, 7) is 3.40. The molecule has 0 radical (unpaired) electrons. The lowest BCUT2D eigenvalue weighted by molar-refractivity contribution is -0.114. The lowest BCUT2D eigenvalue weighted by Gasteiger charge is -2.23. The molecule has 0 saturated carbocycles. The van der Waals surface area contributed by atoms with Gasteiger partial charge in [0.05, 0.1) is 17.6 Å². The van der Waals surface area contributed by atoms with E-state index in [9.17, 15) is 18.0 Å². The minimum Gasteiger partial charge on any atom is -0.324 e. The van der Waals surface area contributed by atoms with Gasteiger partial charge in [0.25, 0.3) is 0 Å². The van der Waals surface area contributed by atoms with Crippen LogP contribution in [0.2, 0.25) is 0 Å². The maximum absolute atomic E-state index is 12.9. The maximum Gasteiger partial charge on any atom is 0.245 e. The number of aryl methyl sites for hydroxylation is 2. The molecule has 0 spiro atoms. The molecule has 0 bridgehead atoms. The van der Waals surface area contributed by atoms with Crippen LogP contribution in [0.3, 0.4) is 0 Å². The number of benzene rings is 3. The Labute approximate surface area is 182 Å². The van der Waals surface area contributed by atoms with Gasteiger partial charge in [-0.25, -0.2) is 8.42 Å². The van der Waals surface area contributed by atoms with Gasteiger partial charge in [-0.15, -0.1) is 0 Å². The molecule has 1 N–H and O–H groups in total. The molecule has 0 saturated heterocycles. The third kappa shape index (κ3) is 5.38. The van der Waals surface area contributed by atoms with Crippen molar-refractivity contribution in [3.63, 3.8) is 0 Å². The van der Waals surface area contributed by atoms with E-state index in [4.69, 9.17) is 0 Å². The van der Waals surface area contributed by atoms with Crippen molar-refractivity contribution >= 4 is 33.1 Å². The van der Waals surface area contributed by atoms with Crippen LogP contribution in [-0.2, 0) is 14.8 Å². The zero-order valence-electron chi connectivity index (χ0n) is 17.6. The van der Waals surface area contributed by atoms with Crippen molar-refractivity contribution in [1.82, 2.24) is 0 Å². The normalized spacial score (nSPS) is 11.1. The van der Waals surface area contributed by atoms with Gasteiger partial charge in [0.15, 0.2) is 5.78 Å². The molecular weight excluding hydrogens is 412 g/mol. The first-order valence-electron chi connectivity index (χ1n) is 9.70. The van der Waals surface area contributed by atoms with E-state index < -0.39 is 22.5 Å². The third-order valence-corrected chi connectivity index (χ3v) is 6.09. The van der Waals surface area contributed by atoms with Crippen molar-refractivity contribution < 1.29 is 18.0 Å². The first-order valence-corrected chi connectivity index (χ1v) is 11.6. The topological polar surface area (TPSA) is 83.6 Å². The molecular formula is C24H24N2O4S. The smallest absolute Gasteiger partial charge is 0.245 e. The number of rotatable bonds is 7. The average Bonchev–Trinajstić information content (AvgIpc) is 2.74. The number of sulfonamides is 1. The zero-order chi connectivity index (χ0) is 22.6. The second-order valence-electron chi connectivity index (χ2n) is 7.33. The third-order valence-electron chi connectivity index (χ3n) is 4.95. The average molecular weight is 437 g/mol. The number of anilines is 2. The minimum atomic E-state index is -3.70. The number of hydrogen-bond acceptors (Lipinski definition) is 4. The molecule has 0 aliphatic carbocycles. The Bertz CT molecular complexity index is 1220. The van der Waals surface area contributed by atoms with Gasteiger partial charge in [0.2, 0.25) is 15.9 Å². The molecule has 0 aliphatic rings. The van der Waals surface area contributed by atoms with Gasteiger partial charge in [-0.2, -0.15) is 0 Å². The summed E-state index contributed by atoms with van der Waals surface area (Å²) in [6, 6.07) is 20.6. The number of amides is 1. The van der Waals surface area contributed by atoms with Crippen molar-refractivity contribution in [3.05, 3.63) is 95.1 Å². The number of carbonyl (C=O) groups is 2. The Hall–Kier alpha value is -3.45. The summed E-state index contributed by atoms with van der Waals surface area (Å²) < 4.78 is 25.8. The van der Waals surface area contributed by atoms with Gasteiger partial charge in [-0.3, -0.25) is 13.9 Å². The summed E-state index contributed by atoms with van der Waals surface area (Å²) >= 11 is 0. The quantitative estimate of drug-likeness (QED) is 0.569. The Kier molecular flexibility index (Phi) is 6.56. The molecule has 0 aliphatic heterocycles. The van der Waals surface area contributed by atoms with Crippen LogP contribution in [0.5, 0.6) is 0 Å². The molecule has 0 fully saturated rings. The van der Waals surface area contributed by atoms with Crippen molar-refractivity contribution in [2.24, 2.45) is 0 Å². The van der Waals surface area contributed by atoms with Gasteiger partial charge < -0.3 is 5.32 Å². The summed E-state index contributed by atoms with van der Waals surface area (Å²) in [7, 11) is -3.70. The fraction of sp³-hybridized carbons (Fsp3) is 0.167. The highest BCUT2D eigenvalue weighted by atomic mass is 32.2. The van der Waals surface area contributed by atoms with Crippen molar-refractivity contribution in [2.45, 2.75) is 13.8 Å². The number of carbonyl (C=O) groups excluding carboxylic acids is 2. The fourth-order valence-corrected chi connectivity index (χ4v) is 3.98. The summed E-state index contributed by atoms with van der Waals surface area (Å²) in [4.78, 5) is 25.6. The van der Waals surface area contributed by atoms with Crippen LogP contribution in [0.1, 0.15) is 27.0 Å². The van der Waals surface area contributed by atoms with Crippen LogP contribution in [0.4, 0.5) is 11.4 Å². The van der Waals surface area contributed by atoms with Crippen LogP contribution in [0.25, 0.3) is 0 Å². The van der Waals surface area contributed by atoms with Gasteiger partial charge in [-0.1, -0.05) is 48.5 Å². The second kappa shape index (κ2) is 9.14. The molecule has 3 rings (SSSR count). The molecule has 7 heteroatoms. The molecule has 0 atom stereocenters. The molecule has 31 heavy (non-hydrogen) atoms. The Morgan fingerprint density at radius 1 is 0.871 bits per heavy atom. The molecule has 0 aromatic heterocycles. The summed E-state index contributed by atoms with van der Waals surface area (Å²) in [6.07, 6.45) is 1.06. The van der Waals surface area contributed by atoms with E-state index in [2.05, 4.69) is 5.32 Å². The Morgan fingerprint density at radius 3 is 2.16 bits per heavy atom. The summed E-state index contributed by atoms with van der Waals surface area (Å²) in [5.41, 5.74) is 3.51. The predicted molar refractivity (Wildman–Crippen MR) is 123 cm³/mol. The number of ketones is 1. The first kappa shape index (κ1) is 22.2. The van der Waals surface area contributed by atoms with E-state index in [1.807, 2.05) is 26.0 Å². The van der Waals surface area contributed by atoms with E-state index in [1.54, 1.807) is 60.7 Å². The van der Waals surface area contributed by atoms with Gasteiger partial charge in [0.1, 0.15) is 6.54 Å². The molecule has 6 nitrogen and oxygen atoms in total.